The Balaban J connectivity index is 1.51. The van der Waals surface area contributed by atoms with Crippen molar-refractivity contribution >= 4 is 28.0 Å². The number of benzene rings is 1. The Kier molecular flexibility index (Phi) is 4.66. The zero-order chi connectivity index (χ0) is 22.5. The van der Waals surface area contributed by atoms with Gasteiger partial charge in [0.1, 0.15) is 22.7 Å². The van der Waals surface area contributed by atoms with Gasteiger partial charge in [-0.15, -0.1) is 0 Å². The van der Waals surface area contributed by atoms with Crippen molar-refractivity contribution in [2.45, 2.75) is 38.6 Å². The van der Waals surface area contributed by atoms with Gasteiger partial charge in [0, 0.05) is 24.7 Å². The average molecular weight is 431 g/mol. The van der Waals surface area contributed by atoms with Crippen LogP contribution in [0.2, 0.25) is 0 Å². The van der Waals surface area contributed by atoms with Crippen LogP contribution in [0, 0.1) is 22.6 Å². The number of nitrogens with one attached hydrogen (secondary N) is 2. The number of nitrogens with zero attached hydrogens (tertiary/aromatic N) is 5. The summed E-state index contributed by atoms with van der Waals surface area (Å²) in [6.45, 7) is 1.89. The minimum atomic E-state index is -0.527. The van der Waals surface area contributed by atoms with Gasteiger partial charge in [-0.3, -0.25) is 9.48 Å². The summed E-state index contributed by atoms with van der Waals surface area (Å²) in [5.74, 6) is -0.644. The normalized spacial score (nSPS) is 16.3. The van der Waals surface area contributed by atoms with Gasteiger partial charge in [0.05, 0.1) is 28.8 Å². The van der Waals surface area contributed by atoms with E-state index in [9.17, 15) is 14.4 Å². The highest BCUT2D eigenvalue weighted by atomic mass is 19.1. The summed E-state index contributed by atoms with van der Waals surface area (Å²) in [4.78, 5) is 25.1. The molecule has 1 aromatic carbocycles. The van der Waals surface area contributed by atoms with Crippen molar-refractivity contribution in [2.75, 3.05) is 0 Å². The topological polar surface area (TPSA) is 112 Å². The maximum atomic E-state index is 13.7. The maximum absolute atomic E-state index is 13.7. The number of hydrogen-bond donors (Lipinski definition) is 2. The lowest BCUT2D eigenvalue weighted by Crippen LogP contribution is -2.44. The molecule has 162 valence electrons. The Labute approximate surface area is 183 Å². The van der Waals surface area contributed by atoms with Gasteiger partial charge >= 0.3 is 0 Å². The molecule has 8 nitrogen and oxygen atoms in total. The maximum Gasteiger partial charge on any atom is 0.255 e. The van der Waals surface area contributed by atoms with Gasteiger partial charge in [0.15, 0.2) is 5.65 Å². The fourth-order valence-corrected chi connectivity index (χ4v) is 4.66. The largest absolute Gasteiger partial charge is 0.348 e. The predicted octanol–water partition coefficient (Wildman–Crippen LogP) is 3.85. The standard InChI is InChI=1S/C23H22FN7O/c1-13(23(12-25)7-3-4-8-23)28-22(32)16-10-26-21-20(16)29-17(11-27-21)19-15-6-5-14(24)9-18(15)31(2)30-19/h5-6,9-11,13H,3-4,7-8H2,1-2H3,(H,26,27)(H,28,32). The Hall–Kier alpha value is -3.80. The molecule has 0 aliphatic heterocycles. The number of hydrogen-bond acceptors (Lipinski definition) is 5. The van der Waals surface area contributed by atoms with E-state index < -0.39 is 5.41 Å². The number of aromatic nitrogens is 5. The van der Waals surface area contributed by atoms with Crippen molar-refractivity contribution in [2.24, 2.45) is 12.5 Å². The van der Waals surface area contributed by atoms with Crippen molar-refractivity contribution < 1.29 is 9.18 Å². The van der Waals surface area contributed by atoms with Gasteiger partial charge in [0.25, 0.3) is 5.91 Å². The van der Waals surface area contributed by atoms with E-state index in [1.54, 1.807) is 30.2 Å². The van der Waals surface area contributed by atoms with Crippen molar-refractivity contribution in [3.05, 3.63) is 42.0 Å². The summed E-state index contributed by atoms with van der Waals surface area (Å²) in [6, 6.07) is 6.61. The zero-order valence-corrected chi connectivity index (χ0v) is 17.8. The molecule has 1 aliphatic rings. The third kappa shape index (κ3) is 3.11. The van der Waals surface area contributed by atoms with Crippen LogP contribution >= 0.6 is 0 Å². The molecule has 9 heteroatoms. The van der Waals surface area contributed by atoms with E-state index in [4.69, 9.17) is 0 Å². The van der Waals surface area contributed by atoms with Gasteiger partial charge in [-0.25, -0.2) is 14.4 Å². The second-order valence-electron chi connectivity index (χ2n) is 8.46. The fraction of sp³-hybridized carbons (Fsp3) is 0.348. The highest BCUT2D eigenvalue weighted by molar-refractivity contribution is 6.05. The van der Waals surface area contributed by atoms with Gasteiger partial charge in [-0.05, 0) is 38.0 Å². The average Bonchev–Trinajstić information content (AvgIpc) is 3.51. The lowest BCUT2D eigenvalue weighted by atomic mass is 9.81. The molecule has 0 saturated heterocycles. The molecule has 32 heavy (non-hydrogen) atoms. The first kappa shape index (κ1) is 20.1. The van der Waals surface area contributed by atoms with E-state index in [0.29, 0.717) is 33.6 Å². The van der Waals surface area contributed by atoms with Crippen LogP contribution in [0.15, 0.2) is 30.6 Å². The number of halogens is 1. The van der Waals surface area contributed by atoms with Gasteiger partial charge in [0.2, 0.25) is 0 Å². The third-order valence-electron chi connectivity index (χ3n) is 6.58. The number of aromatic amines is 1. The number of fused-ring (bicyclic) bond motifs is 2. The molecule has 1 fully saturated rings. The molecule has 4 aromatic rings. The van der Waals surface area contributed by atoms with Crippen LogP contribution < -0.4 is 5.32 Å². The summed E-state index contributed by atoms with van der Waals surface area (Å²) in [6.07, 6.45) is 6.73. The number of nitriles is 1. The van der Waals surface area contributed by atoms with Crippen LogP contribution in [0.4, 0.5) is 4.39 Å². The molecule has 5 rings (SSSR count). The Bertz CT molecular complexity index is 1390. The molecule has 1 saturated carbocycles. The Morgan fingerprint density at radius 2 is 2.16 bits per heavy atom. The van der Waals surface area contributed by atoms with Crippen molar-refractivity contribution in [1.82, 2.24) is 30.0 Å². The number of H-pyrrole nitrogens is 1. The van der Waals surface area contributed by atoms with Gasteiger partial charge in [-0.1, -0.05) is 12.8 Å². The number of carbonyl (C=O) groups excluding carboxylic acids is 1. The van der Waals surface area contributed by atoms with E-state index in [2.05, 4.69) is 31.4 Å². The molecule has 1 amide bonds. The molecular weight excluding hydrogens is 409 g/mol. The van der Waals surface area contributed by atoms with Crippen LogP contribution in [-0.4, -0.2) is 36.7 Å². The Morgan fingerprint density at radius 1 is 1.38 bits per heavy atom. The molecule has 1 atom stereocenters. The van der Waals surface area contributed by atoms with Crippen LogP contribution in [-0.2, 0) is 7.05 Å². The van der Waals surface area contributed by atoms with Crippen molar-refractivity contribution in [1.29, 1.82) is 5.26 Å². The SMILES string of the molecule is CC(NC(=O)c1c[nH]c2ncc(-c3nn(C)c4cc(F)ccc34)nc12)C1(C#N)CCCC1. The minimum absolute atomic E-state index is 0.279. The predicted molar refractivity (Wildman–Crippen MR) is 117 cm³/mol. The molecule has 0 radical (unpaired) electrons. The zero-order valence-electron chi connectivity index (χ0n) is 17.8. The monoisotopic (exact) mass is 431 g/mol. The molecule has 3 aromatic heterocycles. The van der Waals surface area contributed by atoms with Crippen LogP contribution in [0.25, 0.3) is 33.5 Å². The first-order valence-electron chi connectivity index (χ1n) is 10.6. The third-order valence-corrected chi connectivity index (χ3v) is 6.58. The molecule has 1 aliphatic carbocycles. The summed E-state index contributed by atoms with van der Waals surface area (Å²) in [5.41, 5.74) is 2.42. The van der Waals surface area contributed by atoms with Gasteiger partial charge < -0.3 is 10.3 Å². The number of rotatable bonds is 4. The smallest absolute Gasteiger partial charge is 0.255 e. The molecule has 2 N–H and O–H groups in total. The fourth-order valence-electron chi connectivity index (χ4n) is 4.66. The van der Waals surface area contributed by atoms with Crippen LogP contribution in [0.1, 0.15) is 43.0 Å². The number of aryl methyl sites for hydroxylation is 1. The first-order chi connectivity index (χ1) is 15.4. The quantitative estimate of drug-likeness (QED) is 0.510. The molecule has 1 unspecified atom stereocenters. The van der Waals surface area contributed by atoms with E-state index in [1.807, 2.05) is 6.92 Å². The Morgan fingerprint density at radius 3 is 2.91 bits per heavy atom. The van der Waals surface area contributed by atoms with E-state index in [0.717, 1.165) is 31.1 Å². The molecular formula is C23H22FN7O. The van der Waals surface area contributed by atoms with Crippen LogP contribution in [0.5, 0.6) is 0 Å². The summed E-state index contributed by atoms with van der Waals surface area (Å²) in [5, 5.41) is 17.9. The second-order valence-corrected chi connectivity index (χ2v) is 8.46. The summed E-state index contributed by atoms with van der Waals surface area (Å²) >= 11 is 0. The highest BCUT2D eigenvalue weighted by Gasteiger charge is 2.40. The second kappa shape index (κ2) is 7.41. The lowest BCUT2D eigenvalue weighted by Gasteiger charge is -2.28. The summed E-state index contributed by atoms with van der Waals surface area (Å²) in [7, 11) is 1.74. The number of carbonyl (C=O) groups is 1. The first-order valence-corrected chi connectivity index (χ1v) is 10.6. The van der Waals surface area contributed by atoms with E-state index in [1.165, 1.54) is 12.1 Å². The van der Waals surface area contributed by atoms with Crippen LogP contribution in [0.3, 0.4) is 0 Å². The highest BCUT2D eigenvalue weighted by Crippen LogP contribution is 2.40. The number of amides is 1. The lowest BCUT2D eigenvalue weighted by molar-refractivity contribution is 0.0914. The van der Waals surface area contributed by atoms with Gasteiger partial charge in [-0.2, -0.15) is 10.4 Å². The van der Waals surface area contributed by atoms with Crippen molar-refractivity contribution in [3.63, 3.8) is 0 Å². The molecule has 3 heterocycles. The summed E-state index contributed by atoms with van der Waals surface area (Å²) < 4.78 is 15.3. The van der Waals surface area contributed by atoms with Crippen molar-refractivity contribution in [3.8, 4) is 17.5 Å². The van der Waals surface area contributed by atoms with E-state index >= 15 is 0 Å². The van der Waals surface area contributed by atoms with E-state index in [-0.39, 0.29) is 17.8 Å². The molecule has 0 spiro atoms. The minimum Gasteiger partial charge on any atom is -0.348 e. The molecule has 0 bridgehead atoms.